The van der Waals surface area contributed by atoms with E-state index in [0.717, 1.165) is 17.0 Å². The van der Waals surface area contributed by atoms with E-state index in [2.05, 4.69) is 9.97 Å². The molecule has 1 aromatic rings. The van der Waals surface area contributed by atoms with Gasteiger partial charge in [0.25, 0.3) is 0 Å². The maximum absolute atomic E-state index is 10.2. The SMILES string of the molecule is Cc1ncnc2c1C=CC(C1OC(C(C)O)C(O)C1O)C2. The van der Waals surface area contributed by atoms with Gasteiger partial charge in [0.05, 0.1) is 17.9 Å². The Balaban J connectivity index is 1.81. The summed E-state index contributed by atoms with van der Waals surface area (Å²) in [5, 5.41) is 29.8. The minimum atomic E-state index is -1.07. The van der Waals surface area contributed by atoms with Crippen molar-refractivity contribution in [2.24, 2.45) is 5.92 Å². The van der Waals surface area contributed by atoms with Crippen molar-refractivity contribution in [3.05, 3.63) is 29.4 Å². The Morgan fingerprint density at radius 1 is 1.29 bits per heavy atom. The topological polar surface area (TPSA) is 95.7 Å². The number of aliphatic hydroxyl groups excluding tert-OH is 3. The summed E-state index contributed by atoms with van der Waals surface area (Å²) in [6, 6.07) is 0. The molecule has 0 spiro atoms. The van der Waals surface area contributed by atoms with Gasteiger partial charge in [-0.2, -0.15) is 0 Å². The van der Waals surface area contributed by atoms with Crippen LogP contribution in [0.5, 0.6) is 0 Å². The first-order valence-electron chi connectivity index (χ1n) is 7.17. The van der Waals surface area contributed by atoms with Crippen molar-refractivity contribution in [1.29, 1.82) is 0 Å². The molecule has 1 aliphatic carbocycles. The van der Waals surface area contributed by atoms with Crippen LogP contribution in [0.25, 0.3) is 6.08 Å². The van der Waals surface area contributed by atoms with Gasteiger partial charge < -0.3 is 20.1 Å². The maximum atomic E-state index is 10.2. The number of aryl methyl sites for hydroxylation is 1. The number of rotatable bonds is 2. The van der Waals surface area contributed by atoms with Crippen LogP contribution in [0.3, 0.4) is 0 Å². The molecule has 2 aliphatic rings. The molecule has 2 heterocycles. The number of hydrogen-bond acceptors (Lipinski definition) is 6. The van der Waals surface area contributed by atoms with Gasteiger partial charge in [-0.05, 0) is 20.3 Å². The highest BCUT2D eigenvalue weighted by atomic mass is 16.6. The first-order chi connectivity index (χ1) is 9.99. The lowest BCUT2D eigenvalue weighted by atomic mass is 9.86. The summed E-state index contributed by atoms with van der Waals surface area (Å²) >= 11 is 0. The van der Waals surface area contributed by atoms with Crippen LogP contribution in [-0.2, 0) is 11.2 Å². The quantitative estimate of drug-likeness (QED) is 0.701. The average Bonchev–Trinajstić information content (AvgIpc) is 2.75. The van der Waals surface area contributed by atoms with Crippen molar-refractivity contribution in [2.75, 3.05) is 0 Å². The Bertz CT molecular complexity index is 561. The standard InChI is InChI=1S/C15H20N2O4/c1-7-10-4-3-9(5-11(10)17-6-16-7)15-13(20)12(19)14(21-15)8(2)18/h3-4,6,8-9,12-15,18-20H,5H2,1-2H3. The number of aromatic nitrogens is 2. The molecule has 3 N–H and O–H groups in total. The van der Waals surface area contributed by atoms with E-state index in [0.29, 0.717) is 6.42 Å². The second kappa shape index (κ2) is 5.46. The van der Waals surface area contributed by atoms with Crippen LogP contribution in [0.15, 0.2) is 12.4 Å². The van der Waals surface area contributed by atoms with Gasteiger partial charge in [-0.15, -0.1) is 0 Å². The Kier molecular flexibility index (Phi) is 3.79. The second-order valence-electron chi connectivity index (χ2n) is 5.83. The molecule has 1 aromatic heterocycles. The van der Waals surface area contributed by atoms with Gasteiger partial charge in [-0.1, -0.05) is 12.2 Å². The number of fused-ring (bicyclic) bond motifs is 1. The third-order valence-electron chi connectivity index (χ3n) is 4.34. The molecule has 0 saturated carbocycles. The lowest BCUT2D eigenvalue weighted by Crippen LogP contribution is -2.38. The molecule has 6 nitrogen and oxygen atoms in total. The lowest BCUT2D eigenvalue weighted by Gasteiger charge is -2.26. The first kappa shape index (κ1) is 14.6. The number of aliphatic hydroxyl groups is 3. The predicted molar refractivity (Wildman–Crippen MR) is 75.4 cm³/mol. The van der Waals surface area contributed by atoms with Crippen molar-refractivity contribution in [3.63, 3.8) is 0 Å². The molecule has 0 bridgehead atoms. The summed E-state index contributed by atoms with van der Waals surface area (Å²) in [6.45, 7) is 3.48. The smallest absolute Gasteiger partial charge is 0.115 e. The fourth-order valence-corrected chi connectivity index (χ4v) is 3.13. The van der Waals surface area contributed by atoms with Crippen LogP contribution in [0, 0.1) is 12.8 Å². The zero-order chi connectivity index (χ0) is 15.1. The second-order valence-corrected chi connectivity index (χ2v) is 5.83. The van der Waals surface area contributed by atoms with Crippen molar-refractivity contribution in [3.8, 4) is 0 Å². The van der Waals surface area contributed by atoms with E-state index >= 15 is 0 Å². The van der Waals surface area contributed by atoms with E-state index in [1.54, 1.807) is 6.92 Å². The number of nitrogens with zero attached hydrogens (tertiary/aromatic N) is 2. The van der Waals surface area contributed by atoms with Crippen molar-refractivity contribution >= 4 is 6.08 Å². The normalized spacial score (nSPS) is 36.5. The van der Waals surface area contributed by atoms with E-state index in [1.807, 2.05) is 19.1 Å². The Morgan fingerprint density at radius 2 is 2.05 bits per heavy atom. The summed E-state index contributed by atoms with van der Waals surface area (Å²) in [5.74, 6) is -0.0831. The molecule has 1 fully saturated rings. The highest BCUT2D eigenvalue weighted by Gasteiger charge is 2.47. The molecule has 0 aromatic carbocycles. The highest BCUT2D eigenvalue weighted by Crippen LogP contribution is 2.34. The molecule has 1 saturated heterocycles. The molecular formula is C15H20N2O4. The summed E-state index contributed by atoms with van der Waals surface area (Å²) in [4.78, 5) is 8.45. The molecule has 21 heavy (non-hydrogen) atoms. The minimum Gasteiger partial charge on any atom is -0.391 e. The first-order valence-corrected chi connectivity index (χ1v) is 7.17. The largest absolute Gasteiger partial charge is 0.391 e. The highest BCUT2D eigenvalue weighted by molar-refractivity contribution is 5.57. The molecule has 114 valence electrons. The van der Waals surface area contributed by atoms with Gasteiger partial charge in [0, 0.05) is 17.2 Å². The van der Waals surface area contributed by atoms with E-state index < -0.39 is 30.5 Å². The maximum Gasteiger partial charge on any atom is 0.115 e. The fourth-order valence-electron chi connectivity index (χ4n) is 3.13. The zero-order valence-electron chi connectivity index (χ0n) is 12.0. The molecule has 6 heteroatoms. The molecule has 6 atom stereocenters. The van der Waals surface area contributed by atoms with Gasteiger partial charge in [0.2, 0.25) is 0 Å². The van der Waals surface area contributed by atoms with Gasteiger partial charge in [0.15, 0.2) is 0 Å². The van der Waals surface area contributed by atoms with Crippen LogP contribution in [0.1, 0.15) is 23.9 Å². The average molecular weight is 292 g/mol. The summed E-state index contributed by atoms with van der Waals surface area (Å²) in [5.41, 5.74) is 2.85. The van der Waals surface area contributed by atoms with Gasteiger partial charge in [-0.3, -0.25) is 0 Å². The molecule has 1 aliphatic heterocycles. The Hall–Kier alpha value is -1.34. The van der Waals surface area contributed by atoms with E-state index in [-0.39, 0.29) is 5.92 Å². The monoisotopic (exact) mass is 292 g/mol. The van der Waals surface area contributed by atoms with Crippen LogP contribution in [0.4, 0.5) is 0 Å². The Labute approximate surface area is 123 Å². The number of hydrogen-bond donors (Lipinski definition) is 3. The molecule has 6 unspecified atom stereocenters. The fraction of sp³-hybridized carbons (Fsp3) is 0.600. The molecule has 0 amide bonds. The van der Waals surface area contributed by atoms with Crippen LogP contribution in [0.2, 0.25) is 0 Å². The zero-order valence-corrected chi connectivity index (χ0v) is 12.0. The third kappa shape index (κ3) is 2.48. The minimum absolute atomic E-state index is 0.0831. The lowest BCUT2D eigenvalue weighted by molar-refractivity contribution is -0.0666. The van der Waals surface area contributed by atoms with Crippen LogP contribution in [-0.4, -0.2) is 55.8 Å². The third-order valence-corrected chi connectivity index (χ3v) is 4.34. The van der Waals surface area contributed by atoms with E-state index in [1.165, 1.54) is 6.33 Å². The van der Waals surface area contributed by atoms with E-state index in [4.69, 9.17) is 4.74 Å². The summed E-state index contributed by atoms with van der Waals surface area (Å²) in [7, 11) is 0. The van der Waals surface area contributed by atoms with Crippen LogP contribution < -0.4 is 0 Å². The van der Waals surface area contributed by atoms with E-state index in [9.17, 15) is 15.3 Å². The van der Waals surface area contributed by atoms with Gasteiger partial charge in [-0.25, -0.2) is 9.97 Å². The summed E-state index contributed by atoms with van der Waals surface area (Å²) < 4.78 is 5.69. The van der Waals surface area contributed by atoms with Gasteiger partial charge in [0.1, 0.15) is 24.6 Å². The van der Waals surface area contributed by atoms with Crippen molar-refractivity contribution < 1.29 is 20.1 Å². The van der Waals surface area contributed by atoms with Crippen LogP contribution >= 0.6 is 0 Å². The van der Waals surface area contributed by atoms with Crippen molar-refractivity contribution in [1.82, 2.24) is 9.97 Å². The molecule has 3 rings (SSSR count). The predicted octanol–water partition coefficient (Wildman–Crippen LogP) is -0.159. The molecule has 0 radical (unpaired) electrons. The van der Waals surface area contributed by atoms with Crippen molar-refractivity contribution in [2.45, 2.75) is 50.8 Å². The summed E-state index contributed by atoms with van der Waals surface area (Å²) in [6.07, 6.45) is 1.84. The molecular weight excluding hydrogens is 272 g/mol. The van der Waals surface area contributed by atoms with Gasteiger partial charge >= 0.3 is 0 Å². The Morgan fingerprint density at radius 3 is 2.71 bits per heavy atom. The number of ether oxygens (including phenoxy) is 1.